The van der Waals surface area contributed by atoms with Gasteiger partial charge in [0.1, 0.15) is 0 Å². The summed E-state index contributed by atoms with van der Waals surface area (Å²) in [5.74, 6) is 0. The Balaban J connectivity index is 4.02. The zero-order chi connectivity index (χ0) is 8.85. The number of carbonyl (C=O) groups excluding carboxylic acids is 1. The van der Waals surface area contributed by atoms with E-state index >= 15 is 0 Å². The number of amides is 1. The third-order valence-corrected chi connectivity index (χ3v) is 1.44. The van der Waals surface area contributed by atoms with E-state index < -0.39 is 0 Å². The SMILES string of the molecule is CCN(C(=O)OC=S)C(C)C. The first kappa shape index (κ1) is 10.4. The van der Waals surface area contributed by atoms with Gasteiger partial charge in [-0.25, -0.2) is 4.79 Å². The van der Waals surface area contributed by atoms with Crippen LogP contribution in [0.5, 0.6) is 0 Å². The van der Waals surface area contributed by atoms with Gasteiger partial charge in [-0.15, -0.1) is 0 Å². The highest BCUT2D eigenvalue weighted by Crippen LogP contribution is 1.99. The van der Waals surface area contributed by atoms with Gasteiger partial charge in [-0.2, -0.15) is 0 Å². The summed E-state index contributed by atoms with van der Waals surface area (Å²) in [6.07, 6.45) is -0.377. The first-order valence-corrected chi connectivity index (χ1v) is 4.01. The van der Waals surface area contributed by atoms with E-state index in [1.54, 1.807) is 4.90 Å². The van der Waals surface area contributed by atoms with Gasteiger partial charge in [-0.3, -0.25) is 0 Å². The lowest BCUT2D eigenvalue weighted by Gasteiger charge is -2.22. The van der Waals surface area contributed by atoms with Gasteiger partial charge in [0.05, 0.1) is 0 Å². The van der Waals surface area contributed by atoms with Crippen LogP contribution >= 0.6 is 12.2 Å². The number of carbonyl (C=O) groups is 1. The van der Waals surface area contributed by atoms with Crippen LogP contribution in [0.4, 0.5) is 4.79 Å². The number of ether oxygens (including phenoxy) is 1. The van der Waals surface area contributed by atoms with Crippen molar-refractivity contribution in [3.05, 3.63) is 0 Å². The maximum absolute atomic E-state index is 11.0. The van der Waals surface area contributed by atoms with E-state index in [4.69, 9.17) is 0 Å². The largest absolute Gasteiger partial charge is 0.415 e. The van der Waals surface area contributed by atoms with Crippen molar-refractivity contribution < 1.29 is 9.53 Å². The highest BCUT2D eigenvalue weighted by atomic mass is 32.1. The second-order valence-corrected chi connectivity index (χ2v) is 2.55. The Bertz CT molecular complexity index is 147. The molecule has 64 valence electrons. The van der Waals surface area contributed by atoms with Crippen molar-refractivity contribution in [3.8, 4) is 0 Å². The molecule has 0 aliphatic carbocycles. The van der Waals surface area contributed by atoms with Crippen LogP contribution < -0.4 is 0 Å². The minimum atomic E-state index is -0.377. The van der Waals surface area contributed by atoms with E-state index in [-0.39, 0.29) is 12.1 Å². The van der Waals surface area contributed by atoms with Gasteiger partial charge in [0.2, 0.25) is 0 Å². The molecule has 0 fully saturated rings. The van der Waals surface area contributed by atoms with E-state index in [0.29, 0.717) is 6.54 Å². The van der Waals surface area contributed by atoms with Crippen LogP contribution in [0, 0.1) is 0 Å². The summed E-state index contributed by atoms with van der Waals surface area (Å²) in [4.78, 5) is 12.6. The lowest BCUT2D eigenvalue weighted by Crippen LogP contribution is -2.36. The van der Waals surface area contributed by atoms with Crippen molar-refractivity contribution in [2.45, 2.75) is 26.8 Å². The summed E-state index contributed by atoms with van der Waals surface area (Å²) < 4.78 is 4.53. The van der Waals surface area contributed by atoms with Gasteiger partial charge in [-0.05, 0) is 33.0 Å². The third kappa shape index (κ3) is 3.32. The molecule has 3 nitrogen and oxygen atoms in total. The summed E-state index contributed by atoms with van der Waals surface area (Å²) >= 11 is 4.39. The van der Waals surface area contributed by atoms with Crippen molar-refractivity contribution in [3.63, 3.8) is 0 Å². The molecule has 0 rings (SSSR count). The van der Waals surface area contributed by atoms with Gasteiger partial charge in [-0.1, -0.05) is 0 Å². The molecule has 1 amide bonds. The van der Waals surface area contributed by atoms with Crippen LogP contribution in [-0.2, 0) is 4.74 Å². The summed E-state index contributed by atoms with van der Waals surface area (Å²) in [6.45, 7) is 6.38. The molecule has 0 bridgehead atoms. The smallest absolute Gasteiger partial charge is 0.406 e. The average Bonchev–Trinajstić information content (AvgIpc) is 1.88. The van der Waals surface area contributed by atoms with E-state index in [2.05, 4.69) is 17.0 Å². The molecule has 0 aromatic heterocycles. The molecule has 0 unspecified atom stereocenters. The Morgan fingerprint density at radius 1 is 1.73 bits per heavy atom. The number of nitrogens with zero attached hydrogens (tertiary/aromatic N) is 1. The molecule has 0 spiro atoms. The molecule has 0 aromatic carbocycles. The van der Waals surface area contributed by atoms with Gasteiger partial charge in [0.25, 0.3) is 0 Å². The Hall–Kier alpha value is -0.640. The predicted octanol–water partition coefficient (Wildman–Crippen LogP) is 1.81. The minimum Gasteiger partial charge on any atom is -0.406 e. The van der Waals surface area contributed by atoms with Crippen molar-refractivity contribution in [1.29, 1.82) is 0 Å². The standard InChI is InChI=1S/C7H13NO2S/c1-4-8(6(2)3)7(9)10-5-11/h5-6H,4H2,1-3H3. The zero-order valence-corrected chi connectivity index (χ0v) is 7.85. The van der Waals surface area contributed by atoms with Crippen molar-refractivity contribution in [1.82, 2.24) is 4.90 Å². The number of rotatable bonds is 3. The first-order chi connectivity index (χ1) is 5.13. The molecule has 0 radical (unpaired) electrons. The first-order valence-electron chi connectivity index (χ1n) is 3.54. The monoisotopic (exact) mass is 175 g/mol. The molecule has 11 heavy (non-hydrogen) atoms. The topological polar surface area (TPSA) is 29.5 Å². The molecule has 0 aliphatic rings. The summed E-state index contributed by atoms with van der Waals surface area (Å²) in [5.41, 5.74) is 0.980. The van der Waals surface area contributed by atoms with Gasteiger partial charge < -0.3 is 9.64 Å². The van der Waals surface area contributed by atoms with Crippen molar-refractivity contribution in [2.75, 3.05) is 6.54 Å². The molecule has 0 atom stereocenters. The van der Waals surface area contributed by atoms with E-state index in [0.717, 1.165) is 5.55 Å². The Labute approximate surface area is 72.3 Å². The fourth-order valence-corrected chi connectivity index (χ4v) is 0.896. The van der Waals surface area contributed by atoms with Crippen molar-refractivity contribution in [2.24, 2.45) is 0 Å². The molecule has 0 aromatic rings. The highest BCUT2D eigenvalue weighted by Gasteiger charge is 2.14. The van der Waals surface area contributed by atoms with Crippen molar-refractivity contribution >= 4 is 23.9 Å². The van der Waals surface area contributed by atoms with Crippen LogP contribution in [0.2, 0.25) is 0 Å². The number of hydrogen-bond donors (Lipinski definition) is 0. The lowest BCUT2D eigenvalue weighted by molar-refractivity contribution is 0.142. The van der Waals surface area contributed by atoms with Gasteiger partial charge >= 0.3 is 6.09 Å². The second kappa shape index (κ2) is 5.07. The van der Waals surface area contributed by atoms with Crippen LogP contribution in [0.1, 0.15) is 20.8 Å². The van der Waals surface area contributed by atoms with Crippen LogP contribution in [0.15, 0.2) is 0 Å². The van der Waals surface area contributed by atoms with Gasteiger partial charge in [0.15, 0.2) is 5.55 Å². The molecule has 0 N–H and O–H groups in total. The summed E-state index contributed by atoms with van der Waals surface area (Å²) in [7, 11) is 0. The van der Waals surface area contributed by atoms with Gasteiger partial charge in [0, 0.05) is 12.6 Å². The second-order valence-electron chi connectivity index (χ2n) is 2.36. The minimum absolute atomic E-state index is 0.155. The van der Waals surface area contributed by atoms with E-state index in [9.17, 15) is 4.79 Å². The van der Waals surface area contributed by atoms with Crippen LogP contribution in [0.25, 0.3) is 0 Å². The average molecular weight is 175 g/mol. The lowest BCUT2D eigenvalue weighted by atomic mass is 10.3. The Kier molecular flexibility index (Phi) is 4.77. The molecule has 0 aliphatic heterocycles. The van der Waals surface area contributed by atoms with E-state index in [1.807, 2.05) is 20.8 Å². The quantitative estimate of drug-likeness (QED) is 0.613. The molecule has 0 saturated carbocycles. The fourth-order valence-electron chi connectivity index (χ4n) is 0.814. The van der Waals surface area contributed by atoms with Crippen LogP contribution in [0.3, 0.4) is 0 Å². The molecular formula is C7H13NO2S. The molecule has 4 heteroatoms. The van der Waals surface area contributed by atoms with E-state index in [1.165, 1.54) is 0 Å². The zero-order valence-electron chi connectivity index (χ0n) is 7.03. The predicted molar refractivity (Wildman–Crippen MR) is 47.7 cm³/mol. The third-order valence-electron chi connectivity index (χ3n) is 1.35. The maximum Gasteiger partial charge on any atom is 0.415 e. The highest BCUT2D eigenvalue weighted by molar-refractivity contribution is 7.78. The summed E-state index contributed by atoms with van der Waals surface area (Å²) in [5, 5.41) is 0. The Morgan fingerprint density at radius 2 is 2.27 bits per heavy atom. The normalized spacial score (nSPS) is 9.45. The number of hydrogen-bond acceptors (Lipinski definition) is 3. The fraction of sp³-hybridized carbons (Fsp3) is 0.714. The Morgan fingerprint density at radius 3 is 2.55 bits per heavy atom. The maximum atomic E-state index is 11.0. The van der Waals surface area contributed by atoms with Crippen LogP contribution in [-0.4, -0.2) is 29.1 Å². The number of thiocarbonyl (C=S) groups is 1. The molecular weight excluding hydrogens is 162 g/mol. The summed E-state index contributed by atoms with van der Waals surface area (Å²) in [6, 6.07) is 0.155. The molecule has 0 heterocycles. The molecule has 0 saturated heterocycles.